The van der Waals surface area contributed by atoms with Gasteiger partial charge in [-0.05, 0) is 42.7 Å². The number of benzene rings is 2. The highest BCUT2D eigenvalue weighted by Crippen LogP contribution is 2.24. The first kappa shape index (κ1) is 16.5. The van der Waals surface area contributed by atoms with Crippen molar-refractivity contribution in [1.29, 1.82) is 0 Å². The van der Waals surface area contributed by atoms with E-state index in [1.165, 1.54) is 15.8 Å². The summed E-state index contributed by atoms with van der Waals surface area (Å²) in [4.78, 5) is 29.6. The van der Waals surface area contributed by atoms with Gasteiger partial charge in [-0.15, -0.1) is 0 Å². The van der Waals surface area contributed by atoms with Gasteiger partial charge in [-0.2, -0.15) is 0 Å². The molecular weight excluding hydrogens is 326 g/mol. The van der Waals surface area contributed by atoms with Crippen LogP contribution in [0.1, 0.15) is 17.5 Å². The summed E-state index contributed by atoms with van der Waals surface area (Å²) < 4.78 is 0. The molecule has 26 heavy (non-hydrogen) atoms. The van der Waals surface area contributed by atoms with Gasteiger partial charge in [0.2, 0.25) is 5.91 Å². The number of aromatic amines is 1. The molecule has 132 valence electrons. The van der Waals surface area contributed by atoms with E-state index in [-0.39, 0.29) is 18.2 Å². The van der Waals surface area contributed by atoms with Crippen molar-refractivity contribution in [3.8, 4) is 0 Å². The molecule has 5 heteroatoms. The van der Waals surface area contributed by atoms with Gasteiger partial charge in [-0.1, -0.05) is 30.3 Å². The molecule has 1 saturated heterocycles. The predicted molar refractivity (Wildman–Crippen MR) is 102 cm³/mol. The van der Waals surface area contributed by atoms with Gasteiger partial charge in [-0.3, -0.25) is 9.59 Å². The molecule has 1 atom stereocenters. The van der Waals surface area contributed by atoms with E-state index in [9.17, 15) is 9.59 Å². The summed E-state index contributed by atoms with van der Waals surface area (Å²) in [5, 5.41) is 4.45. The van der Waals surface area contributed by atoms with Gasteiger partial charge in [0.25, 0.3) is 5.91 Å². The van der Waals surface area contributed by atoms with Crippen molar-refractivity contribution in [3.63, 3.8) is 0 Å². The van der Waals surface area contributed by atoms with E-state index < -0.39 is 6.04 Å². The Morgan fingerprint density at radius 2 is 2.00 bits per heavy atom. The molecule has 0 spiro atoms. The standard InChI is InChI=1S/C21H21N3O2/c1-14-5-4-6-16(11-14)24-20(25)12-19(21(24)26)22-10-9-15-13-23-18-8-3-2-7-17(15)18/h2-8,11,13,19,22-23H,9-10,12H2,1H3. The highest BCUT2D eigenvalue weighted by Gasteiger charge is 2.39. The van der Waals surface area contributed by atoms with Crippen LogP contribution in [0.4, 0.5) is 5.69 Å². The summed E-state index contributed by atoms with van der Waals surface area (Å²) in [6, 6.07) is 15.2. The van der Waals surface area contributed by atoms with Gasteiger partial charge in [0.05, 0.1) is 18.2 Å². The van der Waals surface area contributed by atoms with Crippen molar-refractivity contribution < 1.29 is 9.59 Å². The third kappa shape index (κ3) is 3.02. The van der Waals surface area contributed by atoms with E-state index in [1.54, 1.807) is 6.07 Å². The Labute approximate surface area is 152 Å². The molecule has 0 radical (unpaired) electrons. The fraction of sp³-hybridized carbons (Fsp3) is 0.238. The van der Waals surface area contributed by atoms with Crippen LogP contribution in [0.2, 0.25) is 0 Å². The number of nitrogens with zero attached hydrogens (tertiary/aromatic N) is 1. The van der Waals surface area contributed by atoms with Crippen molar-refractivity contribution in [2.24, 2.45) is 0 Å². The number of carbonyl (C=O) groups excluding carboxylic acids is 2. The van der Waals surface area contributed by atoms with Crippen molar-refractivity contribution in [2.45, 2.75) is 25.8 Å². The minimum Gasteiger partial charge on any atom is -0.361 e. The number of carbonyl (C=O) groups is 2. The van der Waals surface area contributed by atoms with E-state index in [0.29, 0.717) is 12.2 Å². The van der Waals surface area contributed by atoms with Gasteiger partial charge in [0.15, 0.2) is 0 Å². The van der Waals surface area contributed by atoms with Crippen molar-refractivity contribution in [3.05, 3.63) is 65.9 Å². The third-order valence-electron chi connectivity index (χ3n) is 4.87. The van der Waals surface area contributed by atoms with E-state index in [1.807, 2.05) is 49.5 Å². The number of aromatic nitrogens is 1. The first-order valence-corrected chi connectivity index (χ1v) is 8.85. The number of imide groups is 1. The summed E-state index contributed by atoms with van der Waals surface area (Å²) in [5.41, 5.74) is 4.00. The van der Waals surface area contributed by atoms with Crippen LogP contribution in [-0.2, 0) is 16.0 Å². The number of para-hydroxylation sites is 1. The van der Waals surface area contributed by atoms with Crippen LogP contribution in [0, 0.1) is 6.92 Å². The zero-order chi connectivity index (χ0) is 18.1. The molecule has 4 rings (SSSR count). The molecule has 1 aliphatic heterocycles. The number of aryl methyl sites for hydroxylation is 1. The van der Waals surface area contributed by atoms with Crippen molar-refractivity contribution in [2.75, 3.05) is 11.4 Å². The summed E-state index contributed by atoms with van der Waals surface area (Å²) in [5.74, 6) is -0.315. The lowest BCUT2D eigenvalue weighted by Gasteiger charge is -2.16. The monoisotopic (exact) mass is 347 g/mol. The number of hydrogen-bond acceptors (Lipinski definition) is 3. The molecular formula is C21H21N3O2. The minimum absolute atomic E-state index is 0.148. The van der Waals surface area contributed by atoms with Crippen molar-refractivity contribution >= 4 is 28.4 Å². The van der Waals surface area contributed by atoms with E-state index in [0.717, 1.165) is 17.5 Å². The summed E-state index contributed by atoms with van der Waals surface area (Å²) in [6.07, 6.45) is 3.01. The van der Waals surface area contributed by atoms with Crippen LogP contribution in [0.5, 0.6) is 0 Å². The number of rotatable bonds is 5. The topological polar surface area (TPSA) is 65.2 Å². The summed E-state index contributed by atoms with van der Waals surface area (Å²) in [7, 11) is 0. The SMILES string of the molecule is Cc1cccc(N2C(=O)CC(NCCc3c[nH]c4ccccc34)C2=O)c1. The maximum atomic E-state index is 12.7. The molecule has 3 aromatic rings. The summed E-state index contributed by atoms with van der Waals surface area (Å²) in [6.45, 7) is 2.60. The number of H-pyrrole nitrogens is 1. The lowest BCUT2D eigenvalue weighted by atomic mass is 10.1. The molecule has 1 aromatic heterocycles. The molecule has 2 N–H and O–H groups in total. The molecule has 2 aromatic carbocycles. The van der Waals surface area contributed by atoms with E-state index in [2.05, 4.69) is 16.4 Å². The fourth-order valence-corrected chi connectivity index (χ4v) is 3.55. The highest BCUT2D eigenvalue weighted by atomic mass is 16.2. The van der Waals surface area contributed by atoms with Crippen LogP contribution in [-0.4, -0.2) is 29.4 Å². The van der Waals surface area contributed by atoms with Gasteiger partial charge in [-0.25, -0.2) is 4.90 Å². The Morgan fingerprint density at radius 1 is 1.15 bits per heavy atom. The molecule has 1 unspecified atom stereocenters. The summed E-state index contributed by atoms with van der Waals surface area (Å²) >= 11 is 0. The lowest BCUT2D eigenvalue weighted by Crippen LogP contribution is -2.39. The zero-order valence-electron chi connectivity index (χ0n) is 14.7. The number of hydrogen-bond donors (Lipinski definition) is 2. The maximum Gasteiger partial charge on any atom is 0.251 e. The predicted octanol–water partition coefficient (Wildman–Crippen LogP) is 2.94. The smallest absolute Gasteiger partial charge is 0.251 e. The van der Waals surface area contributed by atoms with Crippen LogP contribution in [0.3, 0.4) is 0 Å². The lowest BCUT2D eigenvalue weighted by molar-refractivity contribution is -0.121. The quantitative estimate of drug-likeness (QED) is 0.698. The Bertz CT molecular complexity index is 976. The molecule has 0 saturated carbocycles. The number of anilines is 1. The van der Waals surface area contributed by atoms with E-state index in [4.69, 9.17) is 0 Å². The number of nitrogens with one attached hydrogen (secondary N) is 2. The number of amides is 2. The Kier molecular flexibility index (Phi) is 4.31. The number of fused-ring (bicyclic) bond motifs is 1. The second-order valence-electron chi connectivity index (χ2n) is 6.73. The second-order valence-corrected chi connectivity index (χ2v) is 6.73. The molecule has 1 fully saturated rings. The second kappa shape index (κ2) is 6.77. The molecule has 1 aliphatic rings. The van der Waals surface area contributed by atoms with Crippen LogP contribution in [0.15, 0.2) is 54.7 Å². The van der Waals surface area contributed by atoms with Crippen LogP contribution >= 0.6 is 0 Å². The molecule has 0 aliphatic carbocycles. The average molecular weight is 347 g/mol. The average Bonchev–Trinajstić information content (AvgIpc) is 3.16. The Morgan fingerprint density at radius 3 is 2.85 bits per heavy atom. The first-order chi connectivity index (χ1) is 12.6. The molecule has 5 nitrogen and oxygen atoms in total. The third-order valence-corrected chi connectivity index (χ3v) is 4.87. The zero-order valence-corrected chi connectivity index (χ0v) is 14.7. The largest absolute Gasteiger partial charge is 0.361 e. The molecule has 0 bridgehead atoms. The van der Waals surface area contributed by atoms with Crippen LogP contribution in [0.25, 0.3) is 10.9 Å². The Hall–Kier alpha value is -2.92. The fourth-order valence-electron chi connectivity index (χ4n) is 3.55. The minimum atomic E-state index is -0.451. The van der Waals surface area contributed by atoms with Gasteiger partial charge < -0.3 is 10.3 Å². The van der Waals surface area contributed by atoms with E-state index >= 15 is 0 Å². The van der Waals surface area contributed by atoms with Crippen LogP contribution < -0.4 is 10.2 Å². The van der Waals surface area contributed by atoms with Gasteiger partial charge >= 0.3 is 0 Å². The molecule has 2 heterocycles. The normalized spacial score (nSPS) is 17.4. The van der Waals surface area contributed by atoms with Crippen molar-refractivity contribution in [1.82, 2.24) is 10.3 Å². The highest BCUT2D eigenvalue weighted by molar-refractivity contribution is 6.22. The first-order valence-electron chi connectivity index (χ1n) is 8.85. The molecule has 2 amide bonds. The Balaban J connectivity index is 1.41. The maximum absolute atomic E-state index is 12.7. The van der Waals surface area contributed by atoms with Gasteiger partial charge in [0, 0.05) is 23.6 Å². The van der Waals surface area contributed by atoms with Gasteiger partial charge in [0.1, 0.15) is 0 Å².